The Morgan fingerprint density at radius 1 is 0.800 bits per heavy atom. The number of rotatable bonds is 3. The predicted molar refractivity (Wildman–Crippen MR) is 92.9 cm³/mol. The maximum absolute atomic E-state index is 7.22. The van der Waals surface area contributed by atoms with Gasteiger partial charge in [-0.2, -0.15) is 0 Å². The molecule has 2 aromatic rings. The van der Waals surface area contributed by atoms with Gasteiger partial charge < -0.3 is 0 Å². The molecule has 0 fully saturated rings. The first kappa shape index (κ1) is 15.1. The largest absolute Gasteiger partial charge is 0.241 e. The van der Waals surface area contributed by atoms with Gasteiger partial charge in [-0.25, -0.2) is 0 Å². The summed E-state index contributed by atoms with van der Waals surface area (Å²) in [4.78, 5) is 0. The Morgan fingerprint density at radius 3 is 1.35 bits per heavy atom. The van der Waals surface area contributed by atoms with Crippen LogP contribution in [0.3, 0.4) is 0 Å². The molecule has 0 bridgehead atoms. The first-order valence-electron chi connectivity index (χ1n) is 6.87. The van der Waals surface area contributed by atoms with E-state index in [0.29, 0.717) is 0 Å². The Kier molecular flexibility index (Phi) is 4.21. The lowest BCUT2D eigenvalue weighted by Gasteiger charge is -2.28. The number of aryl methyl sites for hydroxylation is 4. The zero-order valence-electron chi connectivity index (χ0n) is 12.6. The van der Waals surface area contributed by atoms with E-state index in [-0.39, 0.29) is 0 Å². The topological polar surface area (TPSA) is 0 Å². The quantitative estimate of drug-likeness (QED) is 0.595. The van der Waals surface area contributed by atoms with E-state index in [1.165, 1.54) is 32.6 Å². The molecule has 0 unspecified atom stereocenters. The van der Waals surface area contributed by atoms with Crippen LogP contribution in [0.25, 0.3) is 0 Å². The summed E-state index contributed by atoms with van der Waals surface area (Å²) < 4.78 is 0. The molecule has 20 heavy (non-hydrogen) atoms. The molecule has 0 radical (unpaired) electrons. The number of hydrogen-bond donors (Lipinski definition) is 0. The van der Waals surface area contributed by atoms with Crippen molar-refractivity contribution in [1.29, 1.82) is 0 Å². The molecule has 0 aliphatic rings. The summed E-state index contributed by atoms with van der Waals surface area (Å²) in [6.45, 7) is 12.6. The Balaban J connectivity index is 2.82. The third-order valence-corrected chi connectivity index (χ3v) is 9.16. The van der Waals surface area contributed by atoms with E-state index >= 15 is 0 Å². The standard InChI is InChI=1S/C18H21ClSi/c1-6-20(19,17-13(2)9-7-10-14(17)3)18-15(4)11-8-12-16(18)5/h6-12H,1H2,2-5H3. The fourth-order valence-corrected chi connectivity index (χ4v) is 8.18. The molecule has 2 heteroatoms. The Morgan fingerprint density at radius 2 is 1.10 bits per heavy atom. The van der Waals surface area contributed by atoms with Gasteiger partial charge in [-0.1, -0.05) is 42.1 Å². The van der Waals surface area contributed by atoms with E-state index in [1.807, 2.05) is 5.70 Å². The van der Waals surface area contributed by atoms with Gasteiger partial charge in [0.2, 0.25) is 7.38 Å². The second-order valence-corrected chi connectivity index (χ2v) is 10.1. The number of halogens is 1. The van der Waals surface area contributed by atoms with Crippen LogP contribution in [-0.4, -0.2) is 7.38 Å². The highest BCUT2D eigenvalue weighted by molar-refractivity contribution is 7.37. The van der Waals surface area contributed by atoms with Crippen molar-refractivity contribution >= 4 is 28.8 Å². The van der Waals surface area contributed by atoms with Crippen molar-refractivity contribution in [2.45, 2.75) is 27.7 Å². The van der Waals surface area contributed by atoms with Gasteiger partial charge >= 0.3 is 0 Å². The predicted octanol–water partition coefficient (Wildman–Crippen LogP) is 3.94. The van der Waals surface area contributed by atoms with E-state index in [9.17, 15) is 0 Å². The van der Waals surface area contributed by atoms with Gasteiger partial charge in [-0.15, -0.1) is 17.7 Å². The van der Waals surface area contributed by atoms with Crippen molar-refractivity contribution in [3.8, 4) is 0 Å². The van der Waals surface area contributed by atoms with Crippen LogP contribution in [0.5, 0.6) is 0 Å². The van der Waals surface area contributed by atoms with Crippen molar-refractivity contribution < 1.29 is 0 Å². The first-order chi connectivity index (χ1) is 9.41. The van der Waals surface area contributed by atoms with Crippen molar-refractivity contribution in [2.24, 2.45) is 0 Å². The Hall–Kier alpha value is -1.31. The average molecular weight is 301 g/mol. The van der Waals surface area contributed by atoms with Crippen molar-refractivity contribution in [2.75, 3.05) is 0 Å². The second-order valence-electron chi connectivity index (χ2n) is 5.45. The summed E-state index contributed by atoms with van der Waals surface area (Å²) >= 11 is 7.22. The molecule has 0 heterocycles. The van der Waals surface area contributed by atoms with Gasteiger partial charge in [0.1, 0.15) is 0 Å². The van der Waals surface area contributed by atoms with Gasteiger partial charge in [-0.05, 0) is 60.3 Å². The molecule has 0 aliphatic heterocycles. The zero-order valence-corrected chi connectivity index (χ0v) is 14.4. The molecule has 0 spiro atoms. The highest BCUT2D eigenvalue weighted by Gasteiger charge is 2.37. The molecule has 0 N–H and O–H groups in total. The van der Waals surface area contributed by atoms with Crippen LogP contribution in [0.15, 0.2) is 48.7 Å². The highest BCUT2D eigenvalue weighted by Crippen LogP contribution is 2.20. The van der Waals surface area contributed by atoms with Crippen molar-refractivity contribution in [1.82, 2.24) is 0 Å². The molecule has 2 rings (SSSR count). The van der Waals surface area contributed by atoms with Gasteiger partial charge in [-0.3, -0.25) is 0 Å². The van der Waals surface area contributed by atoms with Crippen molar-refractivity contribution in [3.63, 3.8) is 0 Å². The van der Waals surface area contributed by atoms with Crippen LogP contribution in [0.4, 0.5) is 0 Å². The zero-order chi connectivity index (χ0) is 14.9. The molecule has 0 nitrogen and oxygen atoms in total. The van der Waals surface area contributed by atoms with Gasteiger partial charge in [0.25, 0.3) is 0 Å². The third kappa shape index (κ3) is 2.36. The third-order valence-electron chi connectivity index (χ3n) is 3.97. The Bertz CT molecular complexity index is 566. The lowest BCUT2D eigenvalue weighted by atomic mass is 10.1. The minimum Gasteiger partial charge on any atom is -0.149 e. The summed E-state index contributed by atoms with van der Waals surface area (Å²) in [6.07, 6.45) is 0. The smallest absolute Gasteiger partial charge is 0.149 e. The molecular formula is C18H21ClSi. The van der Waals surface area contributed by atoms with Crippen LogP contribution in [0.2, 0.25) is 0 Å². The van der Waals surface area contributed by atoms with Crippen LogP contribution >= 0.6 is 11.1 Å². The first-order valence-corrected chi connectivity index (χ1v) is 9.96. The van der Waals surface area contributed by atoms with Gasteiger partial charge in [0.15, 0.2) is 0 Å². The fourth-order valence-electron chi connectivity index (χ4n) is 3.11. The van der Waals surface area contributed by atoms with Crippen LogP contribution < -0.4 is 10.4 Å². The normalized spacial score (nSPS) is 11.4. The lowest BCUT2D eigenvalue weighted by Crippen LogP contribution is -2.56. The minimum absolute atomic E-state index is 1.26. The van der Waals surface area contributed by atoms with Gasteiger partial charge in [0, 0.05) is 0 Å². The molecule has 0 amide bonds. The molecule has 2 aromatic carbocycles. The van der Waals surface area contributed by atoms with E-state index in [0.717, 1.165) is 0 Å². The SMILES string of the molecule is C=C[Si](Cl)(c1c(C)cccc1C)c1c(C)cccc1C. The average Bonchev–Trinajstić information content (AvgIpc) is 2.38. The van der Waals surface area contributed by atoms with Crippen LogP contribution in [0.1, 0.15) is 22.3 Å². The van der Waals surface area contributed by atoms with E-state index in [1.54, 1.807) is 0 Å². The monoisotopic (exact) mass is 300 g/mol. The van der Waals surface area contributed by atoms with E-state index in [4.69, 9.17) is 11.1 Å². The Labute approximate surface area is 127 Å². The second kappa shape index (κ2) is 5.59. The molecule has 104 valence electrons. The molecule has 0 saturated heterocycles. The molecule has 0 saturated carbocycles. The molecule has 0 aliphatic carbocycles. The van der Waals surface area contributed by atoms with Crippen LogP contribution in [0, 0.1) is 27.7 Å². The van der Waals surface area contributed by atoms with E-state index < -0.39 is 7.38 Å². The maximum atomic E-state index is 7.22. The minimum atomic E-state index is -2.42. The maximum Gasteiger partial charge on any atom is 0.241 e. The number of benzene rings is 2. The summed E-state index contributed by atoms with van der Waals surface area (Å²) in [5.74, 6) is 0. The summed E-state index contributed by atoms with van der Waals surface area (Å²) in [6, 6.07) is 12.8. The fraction of sp³-hybridized carbons (Fsp3) is 0.222. The molecule has 0 atom stereocenters. The lowest BCUT2D eigenvalue weighted by molar-refractivity contribution is 1.40. The summed E-state index contributed by atoms with van der Waals surface area (Å²) in [5, 5.41) is 2.57. The highest BCUT2D eigenvalue weighted by atomic mass is 35.6. The molecular weight excluding hydrogens is 280 g/mol. The van der Waals surface area contributed by atoms with Crippen LogP contribution in [-0.2, 0) is 0 Å². The van der Waals surface area contributed by atoms with Gasteiger partial charge in [0.05, 0.1) is 0 Å². The number of hydrogen-bond acceptors (Lipinski definition) is 0. The molecule has 0 aromatic heterocycles. The van der Waals surface area contributed by atoms with E-state index in [2.05, 4.69) is 70.7 Å². The summed E-state index contributed by atoms with van der Waals surface area (Å²) in [7, 11) is -2.42. The van der Waals surface area contributed by atoms with Crippen molar-refractivity contribution in [3.05, 3.63) is 70.9 Å². The summed E-state index contributed by atoms with van der Waals surface area (Å²) in [5.41, 5.74) is 7.03.